The first-order valence-corrected chi connectivity index (χ1v) is 15.2. The van der Waals surface area contributed by atoms with E-state index in [9.17, 15) is 18.0 Å². The minimum Gasteiger partial charge on any atom is -0.492 e. The fourth-order valence-electron chi connectivity index (χ4n) is 4.38. The Bertz CT molecular complexity index is 1330. The predicted molar refractivity (Wildman–Crippen MR) is 158 cm³/mol. The molecule has 0 heterocycles. The number of hydrogen-bond acceptors (Lipinski definition) is 5. The molecule has 3 aromatic carbocycles. The molecule has 0 aromatic heterocycles. The average Bonchev–Trinajstić information content (AvgIpc) is 2.97. The highest BCUT2D eigenvalue weighted by Gasteiger charge is 2.34. The molecule has 0 saturated heterocycles. The van der Waals surface area contributed by atoms with E-state index in [-0.39, 0.29) is 23.0 Å². The molecule has 8 nitrogen and oxygen atoms in total. The van der Waals surface area contributed by atoms with E-state index in [4.69, 9.17) is 4.74 Å². The van der Waals surface area contributed by atoms with Crippen LogP contribution in [0.3, 0.4) is 0 Å². The molecule has 1 atom stereocenters. The molecule has 0 aliphatic heterocycles. The summed E-state index contributed by atoms with van der Waals surface area (Å²) in [7, 11) is -4.16. The second kappa shape index (κ2) is 15.1. The Hall–Kier alpha value is -3.85. The van der Waals surface area contributed by atoms with Crippen molar-refractivity contribution in [3.05, 3.63) is 90.5 Å². The number of carbonyl (C=O) groups excluding carboxylic acids is 2. The van der Waals surface area contributed by atoms with Crippen molar-refractivity contribution in [2.45, 2.75) is 57.5 Å². The van der Waals surface area contributed by atoms with E-state index < -0.39 is 28.5 Å². The van der Waals surface area contributed by atoms with Crippen molar-refractivity contribution < 1.29 is 22.7 Å². The van der Waals surface area contributed by atoms with Crippen LogP contribution < -0.4 is 14.4 Å². The highest BCUT2D eigenvalue weighted by atomic mass is 32.2. The lowest BCUT2D eigenvalue weighted by molar-refractivity contribution is -0.140. The summed E-state index contributed by atoms with van der Waals surface area (Å²) in [5, 5.41) is 2.94. The summed E-state index contributed by atoms with van der Waals surface area (Å²) in [4.78, 5) is 28.9. The molecule has 0 fully saturated rings. The Labute approximate surface area is 238 Å². The number of unbranched alkanes of at least 4 members (excludes halogenated alkanes) is 1. The highest BCUT2D eigenvalue weighted by Crippen LogP contribution is 2.33. The summed E-state index contributed by atoms with van der Waals surface area (Å²) in [6.07, 6.45) is 2.12. The van der Waals surface area contributed by atoms with Gasteiger partial charge in [0.05, 0.1) is 17.2 Å². The molecule has 9 heteroatoms. The van der Waals surface area contributed by atoms with Gasteiger partial charge in [-0.15, -0.1) is 0 Å². The van der Waals surface area contributed by atoms with E-state index in [2.05, 4.69) is 5.32 Å². The van der Waals surface area contributed by atoms with Gasteiger partial charge in [-0.05, 0) is 49.6 Å². The van der Waals surface area contributed by atoms with Crippen molar-refractivity contribution in [1.82, 2.24) is 10.2 Å². The van der Waals surface area contributed by atoms with Crippen molar-refractivity contribution in [2.24, 2.45) is 0 Å². The number of amides is 2. The van der Waals surface area contributed by atoms with Gasteiger partial charge in [-0.3, -0.25) is 13.9 Å². The van der Waals surface area contributed by atoms with Gasteiger partial charge < -0.3 is 15.0 Å². The van der Waals surface area contributed by atoms with Crippen LogP contribution in [0.15, 0.2) is 89.8 Å². The number of para-hydroxylation sites is 2. The Morgan fingerprint density at radius 1 is 0.875 bits per heavy atom. The van der Waals surface area contributed by atoms with Crippen molar-refractivity contribution in [3.63, 3.8) is 0 Å². The van der Waals surface area contributed by atoms with Crippen molar-refractivity contribution >= 4 is 27.5 Å². The van der Waals surface area contributed by atoms with Crippen LogP contribution >= 0.6 is 0 Å². The van der Waals surface area contributed by atoms with Crippen LogP contribution in [0.1, 0.15) is 45.6 Å². The summed E-state index contributed by atoms with van der Waals surface area (Å²) < 4.78 is 34.8. The van der Waals surface area contributed by atoms with Gasteiger partial charge in [-0.25, -0.2) is 8.42 Å². The minimum atomic E-state index is -4.16. The number of anilines is 1. The van der Waals surface area contributed by atoms with Gasteiger partial charge in [-0.2, -0.15) is 0 Å². The van der Waals surface area contributed by atoms with Gasteiger partial charge in [0.15, 0.2) is 0 Å². The largest absolute Gasteiger partial charge is 0.492 e. The van der Waals surface area contributed by atoms with E-state index in [1.165, 1.54) is 17.0 Å². The summed E-state index contributed by atoms with van der Waals surface area (Å²) >= 11 is 0. The van der Waals surface area contributed by atoms with Crippen LogP contribution in [0.4, 0.5) is 5.69 Å². The second-order valence-corrected chi connectivity index (χ2v) is 11.2. The van der Waals surface area contributed by atoms with Crippen LogP contribution in [0.5, 0.6) is 5.75 Å². The number of carbonyl (C=O) groups is 2. The molecular formula is C31H39N3O5S. The Morgan fingerprint density at radius 2 is 1.50 bits per heavy atom. The zero-order valence-electron chi connectivity index (χ0n) is 23.5. The number of nitrogens with one attached hydrogen (secondary N) is 1. The fraction of sp³-hybridized carbons (Fsp3) is 0.355. The predicted octanol–water partition coefficient (Wildman–Crippen LogP) is 5.00. The zero-order chi connectivity index (χ0) is 29.0. The number of hydrogen-bond donors (Lipinski definition) is 1. The standard InChI is InChI=1S/C31H39N3O5S/c1-4-7-22-32-31(36)27(5-2)33(23-25-16-10-8-11-17-25)30(35)24-34(28-20-14-15-21-29(28)39-6-3)40(37,38)26-18-12-9-13-19-26/h8-21,27H,4-7,22-24H2,1-3H3,(H,32,36)/t27-/m0/s1. The fourth-order valence-corrected chi connectivity index (χ4v) is 5.83. The van der Waals surface area contributed by atoms with Gasteiger partial charge in [0, 0.05) is 13.1 Å². The molecule has 0 bridgehead atoms. The summed E-state index contributed by atoms with van der Waals surface area (Å²) in [6, 6.07) is 23.3. The maximum Gasteiger partial charge on any atom is 0.264 e. The third kappa shape index (κ3) is 7.85. The van der Waals surface area contributed by atoms with Crippen LogP contribution in [0, 0.1) is 0 Å². The Morgan fingerprint density at radius 3 is 2.12 bits per heavy atom. The molecule has 0 saturated carbocycles. The smallest absolute Gasteiger partial charge is 0.264 e. The van der Waals surface area contributed by atoms with Crippen LogP contribution in [-0.2, 0) is 26.2 Å². The highest BCUT2D eigenvalue weighted by molar-refractivity contribution is 7.92. The molecule has 214 valence electrons. The third-order valence-electron chi connectivity index (χ3n) is 6.46. The molecular weight excluding hydrogens is 526 g/mol. The van der Waals surface area contributed by atoms with Crippen molar-refractivity contribution in [3.8, 4) is 5.75 Å². The second-order valence-electron chi connectivity index (χ2n) is 9.30. The lowest BCUT2D eigenvalue weighted by atomic mass is 10.1. The summed E-state index contributed by atoms with van der Waals surface area (Å²) in [5.41, 5.74) is 1.09. The van der Waals surface area contributed by atoms with Crippen LogP contribution in [0.2, 0.25) is 0 Å². The van der Waals surface area contributed by atoms with Crippen LogP contribution in [0.25, 0.3) is 0 Å². The number of nitrogens with zero attached hydrogens (tertiary/aromatic N) is 2. The van der Waals surface area contributed by atoms with E-state index in [0.29, 0.717) is 25.3 Å². The minimum absolute atomic E-state index is 0.0491. The molecule has 1 N–H and O–H groups in total. The van der Waals surface area contributed by atoms with Gasteiger partial charge in [0.2, 0.25) is 11.8 Å². The Kier molecular flexibility index (Phi) is 11.6. The van der Waals surface area contributed by atoms with E-state index >= 15 is 0 Å². The molecule has 3 aromatic rings. The first-order valence-electron chi connectivity index (χ1n) is 13.7. The van der Waals surface area contributed by atoms with E-state index in [0.717, 1.165) is 22.7 Å². The summed E-state index contributed by atoms with van der Waals surface area (Å²) in [6.45, 7) is 6.17. The molecule has 0 aliphatic rings. The first-order chi connectivity index (χ1) is 19.3. The van der Waals surface area contributed by atoms with Gasteiger partial charge in [0.1, 0.15) is 18.3 Å². The maximum absolute atomic E-state index is 14.1. The number of sulfonamides is 1. The van der Waals surface area contributed by atoms with Gasteiger partial charge in [0.25, 0.3) is 10.0 Å². The summed E-state index contributed by atoms with van der Waals surface area (Å²) in [5.74, 6) is -0.407. The van der Waals surface area contributed by atoms with Gasteiger partial charge in [-0.1, -0.05) is 80.9 Å². The monoisotopic (exact) mass is 565 g/mol. The number of ether oxygens (including phenoxy) is 1. The molecule has 3 rings (SSSR count). The molecule has 0 radical (unpaired) electrons. The molecule has 40 heavy (non-hydrogen) atoms. The maximum atomic E-state index is 14.1. The SMILES string of the molecule is CCCCNC(=O)[C@H](CC)N(Cc1ccccc1)C(=O)CN(c1ccccc1OCC)S(=O)(=O)c1ccccc1. The number of benzene rings is 3. The van der Waals surface area contributed by atoms with Crippen molar-refractivity contribution in [2.75, 3.05) is 24.0 Å². The zero-order valence-corrected chi connectivity index (χ0v) is 24.3. The molecule has 2 amide bonds. The van der Waals surface area contributed by atoms with E-state index in [1.807, 2.05) is 51.1 Å². The Balaban J connectivity index is 2.05. The number of rotatable bonds is 15. The molecule has 0 unspecified atom stereocenters. The quantitative estimate of drug-likeness (QED) is 0.262. The normalized spacial score (nSPS) is 11.9. The van der Waals surface area contributed by atoms with Crippen LogP contribution in [-0.4, -0.2) is 50.9 Å². The lowest BCUT2D eigenvalue weighted by Gasteiger charge is -2.33. The van der Waals surface area contributed by atoms with Crippen molar-refractivity contribution in [1.29, 1.82) is 0 Å². The topological polar surface area (TPSA) is 96.0 Å². The lowest BCUT2D eigenvalue weighted by Crippen LogP contribution is -2.52. The average molecular weight is 566 g/mol. The molecule has 0 spiro atoms. The first kappa shape index (κ1) is 30.7. The van der Waals surface area contributed by atoms with E-state index in [1.54, 1.807) is 42.5 Å². The van der Waals surface area contributed by atoms with Gasteiger partial charge >= 0.3 is 0 Å². The molecule has 0 aliphatic carbocycles. The third-order valence-corrected chi connectivity index (χ3v) is 8.23.